The molecule has 3 rings (SSSR count). The molecule has 24 heavy (non-hydrogen) atoms. The maximum Gasteiger partial charge on any atom is 0.357 e. The Morgan fingerprint density at radius 1 is 1.21 bits per heavy atom. The number of carbonyl (C=O) groups excluding carboxylic acids is 2. The van der Waals surface area contributed by atoms with Gasteiger partial charge >= 0.3 is 11.9 Å². The van der Waals surface area contributed by atoms with Crippen LogP contribution in [0.4, 0.5) is 0 Å². The zero-order valence-corrected chi connectivity index (χ0v) is 12.4. The summed E-state index contributed by atoms with van der Waals surface area (Å²) in [6, 6.07) is 7.30. The zero-order chi connectivity index (χ0) is 17.5. The molecule has 0 spiro atoms. The lowest BCUT2D eigenvalue weighted by molar-refractivity contribution is -0.181. The van der Waals surface area contributed by atoms with Crippen LogP contribution in [0.5, 0.6) is 0 Å². The van der Waals surface area contributed by atoms with Crippen molar-refractivity contribution in [1.29, 1.82) is 0 Å². The Labute approximate surface area is 136 Å². The molecule has 0 saturated carbocycles. The van der Waals surface area contributed by atoms with Gasteiger partial charge in [-0.3, -0.25) is 19.8 Å². The summed E-state index contributed by atoms with van der Waals surface area (Å²) < 4.78 is 0. The number of nitrogens with one attached hydrogen (secondary N) is 2. The van der Waals surface area contributed by atoms with Crippen LogP contribution in [-0.2, 0) is 25.6 Å². The Kier molecular flexibility index (Phi) is 3.72. The van der Waals surface area contributed by atoms with E-state index < -0.39 is 35.6 Å². The van der Waals surface area contributed by atoms with E-state index in [0.29, 0.717) is 0 Å². The second-order valence-electron chi connectivity index (χ2n) is 5.68. The van der Waals surface area contributed by atoms with E-state index in [9.17, 15) is 29.4 Å². The number of carboxylic acids is 2. The van der Waals surface area contributed by atoms with Crippen molar-refractivity contribution in [3.8, 4) is 0 Å². The van der Waals surface area contributed by atoms with Crippen LogP contribution in [0.25, 0.3) is 0 Å². The Bertz CT molecular complexity index is 705. The Morgan fingerprint density at radius 3 is 2.42 bits per heavy atom. The number of amides is 2. The van der Waals surface area contributed by atoms with Crippen molar-refractivity contribution in [3.05, 3.63) is 35.9 Å². The van der Waals surface area contributed by atoms with E-state index in [-0.39, 0.29) is 18.9 Å². The molecule has 9 heteroatoms. The molecule has 1 aromatic rings. The van der Waals surface area contributed by atoms with Crippen LogP contribution in [0.3, 0.4) is 0 Å². The molecule has 4 N–H and O–H groups in total. The van der Waals surface area contributed by atoms with Crippen LogP contribution >= 0.6 is 0 Å². The molecule has 2 atom stereocenters. The number of aliphatic carboxylic acids is 2. The van der Waals surface area contributed by atoms with Gasteiger partial charge in [0.2, 0.25) is 11.8 Å². The van der Waals surface area contributed by atoms with E-state index in [1.807, 2.05) is 6.07 Å². The predicted octanol–water partition coefficient (Wildman–Crippen LogP) is -1.61. The largest absolute Gasteiger partial charge is 0.478 e. The van der Waals surface area contributed by atoms with Crippen molar-refractivity contribution in [2.75, 3.05) is 6.54 Å². The summed E-state index contributed by atoms with van der Waals surface area (Å²) in [5, 5.41) is 23.3. The third-order valence-electron chi connectivity index (χ3n) is 4.29. The first-order chi connectivity index (χ1) is 11.4. The zero-order valence-electron chi connectivity index (χ0n) is 12.4. The van der Waals surface area contributed by atoms with Crippen LogP contribution in [0.15, 0.2) is 30.3 Å². The van der Waals surface area contributed by atoms with E-state index >= 15 is 0 Å². The molecule has 2 fully saturated rings. The van der Waals surface area contributed by atoms with Gasteiger partial charge in [-0.15, -0.1) is 0 Å². The summed E-state index contributed by atoms with van der Waals surface area (Å²) in [5.74, 6) is -4.45. The van der Waals surface area contributed by atoms with E-state index in [1.54, 1.807) is 24.3 Å². The lowest BCUT2D eigenvalue weighted by atomic mass is 9.93. The molecule has 0 aromatic heterocycles. The minimum Gasteiger partial charge on any atom is -0.478 e. The second kappa shape index (κ2) is 5.60. The number of hydrogen-bond acceptors (Lipinski definition) is 5. The second-order valence-corrected chi connectivity index (χ2v) is 5.68. The maximum absolute atomic E-state index is 12.2. The van der Waals surface area contributed by atoms with Crippen LogP contribution in [0.2, 0.25) is 0 Å². The number of benzene rings is 1. The average molecular weight is 333 g/mol. The van der Waals surface area contributed by atoms with E-state index in [4.69, 9.17) is 0 Å². The van der Waals surface area contributed by atoms with Gasteiger partial charge in [0.15, 0.2) is 0 Å². The smallest absolute Gasteiger partial charge is 0.357 e. The van der Waals surface area contributed by atoms with Gasteiger partial charge in [-0.25, -0.2) is 9.59 Å². The van der Waals surface area contributed by atoms with Crippen molar-refractivity contribution in [2.45, 2.75) is 24.2 Å². The van der Waals surface area contributed by atoms with Crippen LogP contribution in [0, 0.1) is 0 Å². The number of rotatable bonds is 5. The number of hydrogen-bond donors (Lipinski definition) is 4. The summed E-state index contributed by atoms with van der Waals surface area (Å²) >= 11 is 0. The molecule has 2 unspecified atom stereocenters. The fourth-order valence-corrected chi connectivity index (χ4v) is 3.12. The number of carboxylic acid groups (broad SMARTS) is 2. The highest BCUT2D eigenvalue weighted by Gasteiger charge is 2.68. The molecule has 2 aliphatic heterocycles. The van der Waals surface area contributed by atoms with Crippen LogP contribution in [-0.4, -0.2) is 63.2 Å². The minimum atomic E-state index is -2.47. The lowest BCUT2D eigenvalue weighted by Crippen LogP contribution is -2.77. The molecule has 0 aliphatic carbocycles. The number of β-lactam (4-membered cyclic amide) rings is 1. The Balaban J connectivity index is 1.69. The number of carbonyl (C=O) groups is 4. The lowest BCUT2D eigenvalue weighted by Gasteiger charge is -2.46. The molecule has 2 heterocycles. The standard InChI is InChI=1S/C15H15N3O6/c19-10(6-8-4-2-1-3-5-8)17-11-9-7-16-15(13(21)22,14(23)24)18(9)12(11)20/h1-5,9,11,16H,6-7H2,(H,17,19)(H,21,22)(H,23,24). The third kappa shape index (κ3) is 2.21. The van der Waals surface area contributed by atoms with Crippen molar-refractivity contribution in [2.24, 2.45) is 0 Å². The predicted molar refractivity (Wildman–Crippen MR) is 78.7 cm³/mol. The molecule has 126 valence electrons. The van der Waals surface area contributed by atoms with Crippen molar-refractivity contribution in [3.63, 3.8) is 0 Å². The Morgan fingerprint density at radius 2 is 1.83 bits per heavy atom. The highest BCUT2D eigenvalue weighted by molar-refractivity contribution is 6.10. The van der Waals surface area contributed by atoms with Gasteiger partial charge in [0.1, 0.15) is 6.04 Å². The number of fused-ring (bicyclic) bond motifs is 1. The first-order valence-corrected chi connectivity index (χ1v) is 7.26. The van der Waals surface area contributed by atoms with Gasteiger partial charge in [0.05, 0.1) is 12.5 Å². The summed E-state index contributed by atoms with van der Waals surface area (Å²) in [5.41, 5.74) is -1.70. The van der Waals surface area contributed by atoms with Gasteiger partial charge in [0.25, 0.3) is 5.66 Å². The fourth-order valence-electron chi connectivity index (χ4n) is 3.12. The molecule has 9 nitrogen and oxygen atoms in total. The highest BCUT2D eigenvalue weighted by Crippen LogP contribution is 2.34. The molecule has 0 radical (unpaired) electrons. The monoisotopic (exact) mass is 333 g/mol. The molecule has 1 aromatic carbocycles. The number of nitrogens with zero attached hydrogens (tertiary/aromatic N) is 1. The minimum absolute atomic E-state index is 0.0272. The SMILES string of the molecule is O=C(Cc1ccccc1)NC1C(=O)N2C1CNC2(C(=O)O)C(=O)O. The topological polar surface area (TPSA) is 136 Å². The molecular formula is C15H15N3O6. The van der Waals surface area contributed by atoms with Gasteiger partial charge in [-0.2, -0.15) is 0 Å². The fraction of sp³-hybridized carbons (Fsp3) is 0.333. The molecule has 2 saturated heterocycles. The maximum atomic E-state index is 12.2. The van der Waals surface area contributed by atoms with Gasteiger partial charge in [0, 0.05) is 6.54 Å². The summed E-state index contributed by atoms with van der Waals surface area (Å²) in [6.45, 7) is -0.0272. The van der Waals surface area contributed by atoms with Crippen molar-refractivity contribution >= 4 is 23.8 Å². The summed E-state index contributed by atoms with van der Waals surface area (Å²) in [6.07, 6.45) is 0.0772. The van der Waals surface area contributed by atoms with E-state index in [0.717, 1.165) is 10.5 Å². The van der Waals surface area contributed by atoms with E-state index in [1.165, 1.54) is 0 Å². The molecule has 0 bridgehead atoms. The molecule has 2 aliphatic rings. The quantitative estimate of drug-likeness (QED) is 0.376. The summed E-state index contributed by atoms with van der Waals surface area (Å²) in [4.78, 5) is 47.7. The van der Waals surface area contributed by atoms with Gasteiger partial charge < -0.3 is 15.5 Å². The highest BCUT2D eigenvalue weighted by atomic mass is 16.4. The average Bonchev–Trinajstić information content (AvgIpc) is 2.91. The van der Waals surface area contributed by atoms with Gasteiger partial charge in [-0.05, 0) is 5.56 Å². The first kappa shape index (κ1) is 15.9. The normalized spacial score (nSPS) is 24.0. The van der Waals surface area contributed by atoms with E-state index in [2.05, 4.69) is 10.6 Å². The first-order valence-electron chi connectivity index (χ1n) is 7.26. The van der Waals surface area contributed by atoms with Crippen LogP contribution in [0.1, 0.15) is 5.56 Å². The van der Waals surface area contributed by atoms with Crippen molar-refractivity contribution in [1.82, 2.24) is 15.5 Å². The Hall–Kier alpha value is -2.94. The van der Waals surface area contributed by atoms with Crippen LogP contribution < -0.4 is 10.6 Å². The molecule has 2 amide bonds. The van der Waals surface area contributed by atoms with Gasteiger partial charge in [-0.1, -0.05) is 30.3 Å². The summed E-state index contributed by atoms with van der Waals surface area (Å²) in [7, 11) is 0. The third-order valence-corrected chi connectivity index (χ3v) is 4.29. The van der Waals surface area contributed by atoms with Crippen molar-refractivity contribution < 1.29 is 29.4 Å². The molecular weight excluding hydrogens is 318 g/mol.